The smallest absolute Gasteiger partial charge is 0.140 e. The second-order valence-corrected chi connectivity index (χ2v) is 15.6. The number of fused-ring (bicyclic) bond motifs is 5. The van der Waals surface area contributed by atoms with Crippen molar-refractivity contribution in [2.75, 3.05) is 0 Å². The Labute approximate surface area is 239 Å². The van der Waals surface area contributed by atoms with Crippen molar-refractivity contribution >= 4 is 32.3 Å². The highest BCUT2D eigenvalue weighted by atomic mass is 16.5. The first-order valence-electron chi connectivity index (χ1n) is 14.8. The molecule has 40 heavy (non-hydrogen) atoms. The number of hydrogen-bond acceptors (Lipinski definition) is 2. The molecule has 0 fully saturated rings. The molecule has 0 atom stereocenters. The van der Waals surface area contributed by atoms with E-state index < -0.39 is 0 Å². The normalized spacial score (nSPS) is 13.6. The van der Waals surface area contributed by atoms with Gasteiger partial charge < -0.3 is 4.74 Å². The average Bonchev–Trinajstić information content (AvgIpc) is 2.82. The van der Waals surface area contributed by atoms with Crippen molar-refractivity contribution in [1.82, 2.24) is 4.98 Å². The van der Waals surface area contributed by atoms with Crippen LogP contribution < -0.4 is 4.74 Å². The molecule has 0 bridgehead atoms. The van der Waals surface area contributed by atoms with Crippen LogP contribution in [0.2, 0.25) is 0 Å². The largest absolute Gasteiger partial charge is 0.456 e. The summed E-state index contributed by atoms with van der Waals surface area (Å²) in [6.45, 7) is 20.9. The van der Waals surface area contributed by atoms with Gasteiger partial charge in [0.25, 0.3) is 0 Å². The van der Waals surface area contributed by atoms with Gasteiger partial charge in [-0.2, -0.15) is 0 Å². The highest BCUT2D eigenvalue weighted by Crippen LogP contribution is 2.52. The summed E-state index contributed by atoms with van der Waals surface area (Å²) in [7, 11) is 0. The molecule has 0 radical (unpaired) electrons. The SMILES string of the molecule is CC(C)(C)Cc1cc(CC(C)(C)C)c2cc3c4c(nccc4c2c1)-c1cc2ccccc2c(CC(C)(C)C)c1O3. The van der Waals surface area contributed by atoms with Crippen molar-refractivity contribution in [2.24, 2.45) is 16.2 Å². The minimum Gasteiger partial charge on any atom is -0.456 e. The molecule has 1 aromatic heterocycles. The van der Waals surface area contributed by atoms with Gasteiger partial charge in [0.1, 0.15) is 11.5 Å². The molecule has 0 saturated carbocycles. The maximum Gasteiger partial charge on any atom is 0.140 e. The van der Waals surface area contributed by atoms with Gasteiger partial charge in [-0.25, -0.2) is 0 Å². The third kappa shape index (κ3) is 4.98. The monoisotopic (exact) mass is 529 g/mol. The number of ether oxygens (including phenoxy) is 1. The summed E-state index contributed by atoms with van der Waals surface area (Å²) in [6, 6.07) is 20.4. The fourth-order valence-electron chi connectivity index (χ4n) is 6.54. The van der Waals surface area contributed by atoms with E-state index in [1.165, 1.54) is 43.6 Å². The standard InChI is InChI=1S/C38H43NO/c1-36(2,3)20-23-16-25(21-37(4,5)6)28-19-32-33-27(29(28)17-23)14-15-39-34(33)30-18-24-12-10-11-13-26(24)31(35(30)40-32)22-38(7,8)9/h10-19H,20-22H2,1-9H3. The second kappa shape index (κ2) is 9.06. The van der Waals surface area contributed by atoms with Gasteiger partial charge in [0.2, 0.25) is 0 Å². The quantitative estimate of drug-likeness (QED) is 0.213. The lowest BCUT2D eigenvalue weighted by molar-refractivity contribution is 0.400. The number of hydrogen-bond donors (Lipinski definition) is 0. The highest BCUT2D eigenvalue weighted by molar-refractivity contribution is 6.17. The van der Waals surface area contributed by atoms with Crippen LogP contribution in [0.15, 0.2) is 60.8 Å². The minimum atomic E-state index is 0.119. The predicted octanol–water partition coefficient (Wildman–Crippen LogP) is 11.1. The Morgan fingerprint density at radius 2 is 1.35 bits per heavy atom. The first-order chi connectivity index (χ1) is 18.7. The van der Waals surface area contributed by atoms with E-state index in [-0.39, 0.29) is 16.2 Å². The maximum atomic E-state index is 7.00. The van der Waals surface area contributed by atoms with Gasteiger partial charge in [-0.1, -0.05) is 98.7 Å². The molecule has 2 nitrogen and oxygen atoms in total. The summed E-state index contributed by atoms with van der Waals surface area (Å²) in [5.41, 5.74) is 6.75. The number of benzene rings is 4. The van der Waals surface area contributed by atoms with E-state index in [0.29, 0.717) is 0 Å². The van der Waals surface area contributed by atoms with Crippen molar-refractivity contribution in [3.63, 3.8) is 0 Å². The molecule has 1 aliphatic heterocycles. The van der Waals surface area contributed by atoms with Crippen LogP contribution in [0.4, 0.5) is 0 Å². The Bertz CT molecular complexity index is 1790. The molecule has 4 aromatic carbocycles. The van der Waals surface area contributed by atoms with E-state index in [2.05, 4.69) is 117 Å². The molecule has 1 aliphatic rings. The summed E-state index contributed by atoms with van der Waals surface area (Å²) >= 11 is 0. The topological polar surface area (TPSA) is 22.1 Å². The molecule has 206 valence electrons. The minimum absolute atomic E-state index is 0.119. The van der Waals surface area contributed by atoms with Crippen LogP contribution in [0.5, 0.6) is 11.5 Å². The fourth-order valence-corrected chi connectivity index (χ4v) is 6.54. The average molecular weight is 530 g/mol. The zero-order valence-electron chi connectivity index (χ0n) is 25.8. The Kier molecular flexibility index (Phi) is 6.07. The van der Waals surface area contributed by atoms with E-state index in [0.717, 1.165) is 47.4 Å². The summed E-state index contributed by atoms with van der Waals surface area (Å²) in [5, 5.41) is 7.49. The van der Waals surface area contributed by atoms with Gasteiger partial charge in [0.05, 0.1) is 11.1 Å². The van der Waals surface area contributed by atoms with E-state index >= 15 is 0 Å². The zero-order valence-corrected chi connectivity index (χ0v) is 25.8. The maximum absolute atomic E-state index is 7.00. The van der Waals surface area contributed by atoms with Crippen LogP contribution in [0.25, 0.3) is 43.6 Å². The Hall–Kier alpha value is -3.39. The molecule has 2 heteroatoms. The lowest BCUT2D eigenvalue weighted by Gasteiger charge is -2.28. The van der Waals surface area contributed by atoms with Gasteiger partial charge in [-0.3, -0.25) is 4.98 Å². The number of pyridine rings is 1. The molecular formula is C38H43NO. The van der Waals surface area contributed by atoms with Gasteiger partial charge in [0, 0.05) is 17.3 Å². The van der Waals surface area contributed by atoms with Crippen molar-refractivity contribution < 1.29 is 4.74 Å². The number of nitrogens with zero attached hydrogens (tertiary/aromatic N) is 1. The van der Waals surface area contributed by atoms with Crippen molar-refractivity contribution in [3.05, 3.63) is 77.5 Å². The highest BCUT2D eigenvalue weighted by Gasteiger charge is 2.29. The first kappa shape index (κ1) is 26.8. The van der Waals surface area contributed by atoms with Gasteiger partial charge >= 0.3 is 0 Å². The zero-order chi connectivity index (χ0) is 28.6. The molecule has 0 N–H and O–H groups in total. The molecule has 0 spiro atoms. The molecule has 2 heterocycles. The van der Waals surface area contributed by atoms with E-state index in [9.17, 15) is 0 Å². The fraction of sp³-hybridized carbons (Fsp3) is 0.395. The van der Waals surface area contributed by atoms with Crippen LogP contribution in [-0.4, -0.2) is 4.98 Å². The van der Waals surface area contributed by atoms with Crippen molar-refractivity contribution in [3.8, 4) is 22.8 Å². The number of rotatable bonds is 3. The van der Waals surface area contributed by atoms with E-state index in [4.69, 9.17) is 9.72 Å². The third-order valence-corrected chi connectivity index (χ3v) is 7.82. The molecule has 6 rings (SSSR count). The van der Waals surface area contributed by atoms with Gasteiger partial charge in [0.15, 0.2) is 0 Å². The van der Waals surface area contributed by atoms with Crippen LogP contribution in [-0.2, 0) is 19.3 Å². The summed E-state index contributed by atoms with van der Waals surface area (Å²) < 4.78 is 7.00. The Morgan fingerprint density at radius 3 is 2.05 bits per heavy atom. The lowest BCUT2D eigenvalue weighted by Crippen LogP contribution is -2.13. The van der Waals surface area contributed by atoms with Crippen molar-refractivity contribution in [1.29, 1.82) is 0 Å². The van der Waals surface area contributed by atoms with Crippen LogP contribution in [0.3, 0.4) is 0 Å². The summed E-state index contributed by atoms with van der Waals surface area (Å²) in [5.74, 6) is 1.91. The van der Waals surface area contributed by atoms with Crippen LogP contribution in [0.1, 0.15) is 79.0 Å². The Balaban J connectivity index is 1.69. The van der Waals surface area contributed by atoms with Crippen molar-refractivity contribution in [2.45, 2.75) is 81.6 Å². The molecule has 0 saturated heterocycles. The van der Waals surface area contributed by atoms with Crippen LogP contribution >= 0.6 is 0 Å². The van der Waals surface area contributed by atoms with E-state index in [1.54, 1.807) is 0 Å². The second-order valence-electron chi connectivity index (χ2n) is 15.6. The molecule has 0 aliphatic carbocycles. The lowest BCUT2D eigenvalue weighted by atomic mass is 9.81. The van der Waals surface area contributed by atoms with Gasteiger partial charge in [-0.05, 0) is 91.8 Å². The van der Waals surface area contributed by atoms with E-state index in [1.807, 2.05) is 6.20 Å². The third-order valence-electron chi connectivity index (χ3n) is 7.82. The number of aromatic nitrogens is 1. The first-order valence-corrected chi connectivity index (χ1v) is 14.8. The molecule has 0 amide bonds. The summed E-state index contributed by atoms with van der Waals surface area (Å²) in [4.78, 5) is 5.01. The molecule has 0 unspecified atom stereocenters. The summed E-state index contributed by atoms with van der Waals surface area (Å²) in [6.07, 6.45) is 4.99. The molecule has 5 aromatic rings. The molecular weight excluding hydrogens is 486 g/mol. The van der Waals surface area contributed by atoms with Crippen LogP contribution in [0, 0.1) is 16.2 Å². The van der Waals surface area contributed by atoms with Gasteiger partial charge in [-0.15, -0.1) is 0 Å². The predicted molar refractivity (Wildman–Crippen MR) is 172 cm³/mol. The Morgan fingerprint density at radius 1 is 0.650 bits per heavy atom.